The second kappa shape index (κ2) is 18.2. The number of amides is 5. The van der Waals surface area contributed by atoms with Crippen molar-refractivity contribution in [1.29, 1.82) is 0 Å². The number of nitrogens with one attached hydrogen (secondary N) is 3. The van der Waals surface area contributed by atoms with Gasteiger partial charge in [-0.15, -0.1) is 0 Å². The molecule has 17 nitrogen and oxygen atoms in total. The van der Waals surface area contributed by atoms with Crippen molar-refractivity contribution in [2.45, 2.75) is 70.0 Å². The van der Waals surface area contributed by atoms with Crippen LogP contribution in [-0.4, -0.2) is 116 Å². The van der Waals surface area contributed by atoms with Crippen LogP contribution in [0.5, 0.6) is 0 Å². The Morgan fingerprint density at radius 1 is 0.953 bits per heavy atom. The lowest BCUT2D eigenvalue weighted by Gasteiger charge is -2.31. The van der Waals surface area contributed by atoms with E-state index in [1.807, 2.05) is 6.07 Å². The van der Waals surface area contributed by atoms with Gasteiger partial charge in [-0.05, 0) is 80.8 Å². The summed E-state index contributed by atoms with van der Waals surface area (Å²) in [6.45, 7) is 4.63. The monoisotopic (exact) mass is 877 g/mol. The zero-order chi connectivity index (χ0) is 44.5. The molecule has 2 saturated heterocycles. The Hall–Kier alpha value is -6.60. The number of carbonyl (C=O) groups excluding carboxylic acids is 5. The molecule has 3 fully saturated rings. The molecule has 2 aromatic carbocycles. The number of alkyl halides is 2. The first-order valence-electron chi connectivity index (χ1n) is 21.7. The van der Waals surface area contributed by atoms with E-state index in [0.29, 0.717) is 62.3 Å². The molecule has 9 rings (SSSR count). The first-order chi connectivity index (χ1) is 31.0. The first kappa shape index (κ1) is 42.7. The average Bonchev–Trinajstić information content (AvgIpc) is 3.99. The second-order valence-electron chi connectivity index (χ2n) is 16.9. The quantitative estimate of drug-likeness (QED) is 0.129. The Morgan fingerprint density at radius 2 is 1.72 bits per heavy atom. The lowest BCUT2D eigenvalue weighted by Crippen LogP contribution is -2.54. The molecular formula is C45H49F2N11O6. The van der Waals surface area contributed by atoms with E-state index >= 15 is 0 Å². The Kier molecular flexibility index (Phi) is 12.2. The molecule has 3 aromatic heterocycles. The molecule has 5 aromatic rings. The van der Waals surface area contributed by atoms with Crippen LogP contribution in [0, 0.1) is 5.92 Å². The van der Waals surface area contributed by atoms with Gasteiger partial charge in [-0.25, -0.2) is 18.3 Å². The predicted octanol–water partition coefficient (Wildman–Crippen LogP) is 4.87. The number of fused-ring (bicyclic) bond motifs is 2. The van der Waals surface area contributed by atoms with E-state index in [2.05, 4.69) is 72.2 Å². The van der Waals surface area contributed by atoms with Crippen LogP contribution >= 0.6 is 0 Å². The lowest BCUT2D eigenvalue weighted by molar-refractivity contribution is -0.136. The lowest BCUT2D eigenvalue weighted by atomic mass is 9.85. The van der Waals surface area contributed by atoms with Gasteiger partial charge >= 0.3 is 0 Å². The molecule has 1 aliphatic carbocycles. The van der Waals surface area contributed by atoms with Gasteiger partial charge in [0.25, 0.3) is 24.1 Å². The van der Waals surface area contributed by atoms with Crippen molar-refractivity contribution >= 4 is 52.4 Å². The number of carbonyl (C=O) groups is 5. The van der Waals surface area contributed by atoms with E-state index in [9.17, 15) is 32.8 Å². The fraction of sp³-hybridized carbons (Fsp3) is 0.422. The fourth-order valence-corrected chi connectivity index (χ4v) is 9.25. The molecule has 1 unspecified atom stereocenters. The van der Waals surface area contributed by atoms with E-state index in [0.717, 1.165) is 54.8 Å². The maximum absolute atomic E-state index is 14.3. The number of ether oxygens (including phenoxy) is 1. The Labute approximate surface area is 367 Å². The van der Waals surface area contributed by atoms with Crippen molar-refractivity contribution in [2.75, 3.05) is 62.0 Å². The Bertz CT molecular complexity index is 2580. The third-order valence-corrected chi connectivity index (χ3v) is 12.6. The molecule has 19 heteroatoms. The maximum atomic E-state index is 14.3. The topological polar surface area (TPSA) is 188 Å². The molecule has 334 valence electrons. The number of hydrogen-bond donors (Lipinski definition) is 3. The minimum absolute atomic E-state index is 0.0264. The molecule has 1 atom stereocenters. The number of halogens is 2. The van der Waals surface area contributed by atoms with E-state index in [4.69, 9.17) is 4.74 Å². The highest BCUT2D eigenvalue weighted by Crippen LogP contribution is 2.36. The third-order valence-electron chi connectivity index (χ3n) is 12.6. The summed E-state index contributed by atoms with van der Waals surface area (Å²) in [7, 11) is 2.09. The molecule has 1 saturated carbocycles. The number of piperidine rings is 1. The first-order valence-corrected chi connectivity index (χ1v) is 21.7. The number of anilines is 3. The summed E-state index contributed by atoms with van der Waals surface area (Å²) < 4.78 is 37.0. The summed E-state index contributed by atoms with van der Waals surface area (Å²) in [6, 6.07) is 14.1. The molecule has 64 heavy (non-hydrogen) atoms. The standard InChI is InChI=1S/C45H49F2N11O6/c1-54(24-28-7-5-27(6-8-28)15-17-48-33-4-2-3-31-38(33)45(63)58(44(31)62)35-13-14-37(59)52-43(35)61)25-29-9-11-30(12-10-29)57-26-34(39(53-57)40(46)47)50-42(60)32-23-49-56-18-16-36(51-41(32)56)55-19-21-64-22-20-55/h2-8,16,18,23,26,29-30,35,40,48H,9-15,17,19-22,24-25H2,1H3,(H,50,60)(H,52,59,61)/t29-,30-,35?. The summed E-state index contributed by atoms with van der Waals surface area (Å²) >= 11 is 0. The van der Waals surface area contributed by atoms with Gasteiger partial charge in [-0.3, -0.25) is 38.9 Å². The molecule has 5 amide bonds. The summed E-state index contributed by atoms with van der Waals surface area (Å²) in [6.07, 6.45) is 5.94. The van der Waals surface area contributed by atoms with E-state index < -0.39 is 47.7 Å². The minimum Gasteiger partial charge on any atom is -0.384 e. The van der Waals surface area contributed by atoms with Gasteiger partial charge in [0.1, 0.15) is 17.4 Å². The van der Waals surface area contributed by atoms with Crippen LogP contribution in [0.3, 0.4) is 0 Å². The van der Waals surface area contributed by atoms with Crippen molar-refractivity contribution in [3.8, 4) is 0 Å². The van der Waals surface area contributed by atoms with Crippen LogP contribution in [0.1, 0.15) is 98.9 Å². The predicted molar refractivity (Wildman–Crippen MR) is 230 cm³/mol. The Morgan fingerprint density at radius 3 is 2.47 bits per heavy atom. The van der Waals surface area contributed by atoms with Gasteiger partial charge in [0.15, 0.2) is 11.3 Å². The number of hydrogen-bond acceptors (Lipinski definition) is 12. The minimum atomic E-state index is -2.88. The number of nitrogens with zero attached hydrogens (tertiary/aromatic N) is 8. The zero-order valence-electron chi connectivity index (χ0n) is 35.3. The molecule has 0 bridgehead atoms. The number of rotatable bonds is 14. The molecule has 0 spiro atoms. The second-order valence-corrected chi connectivity index (χ2v) is 16.9. The average molecular weight is 878 g/mol. The summed E-state index contributed by atoms with van der Waals surface area (Å²) in [4.78, 5) is 74.2. The number of benzene rings is 2. The molecule has 4 aliphatic rings. The molecule has 3 aliphatic heterocycles. The van der Waals surface area contributed by atoms with E-state index in [1.165, 1.54) is 16.9 Å². The highest BCUT2D eigenvalue weighted by Gasteiger charge is 2.45. The third kappa shape index (κ3) is 8.81. The zero-order valence-corrected chi connectivity index (χ0v) is 35.3. The smallest absolute Gasteiger partial charge is 0.284 e. The fourth-order valence-electron chi connectivity index (χ4n) is 9.25. The largest absolute Gasteiger partial charge is 0.384 e. The summed E-state index contributed by atoms with van der Waals surface area (Å²) in [5.74, 6) is -1.62. The normalized spacial score (nSPS) is 20.4. The van der Waals surface area contributed by atoms with Crippen LogP contribution in [0.2, 0.25) is 0 Å². The van der Waals surface area contributed by atoms with Crippen LogP contribution in [-0.2, 0) is 27.3 Å². The van der Waals surface area contributed by atoms with Gasteiger partial charge in [0.2, 0.25) is 11.8 Å². The van der Waals surface area contributed by atoms with Crippen molar-refractivity contribution < 1.29 is 37.5 Å². The van der Waals surface area contributed by atoms with Crippen LogP contribution in [0.25, 0.3) is 5.65 Å². The van der Waals surface area contributed by atoms with Gasteiger partial charge in [-0.2, -0.15) is 10.2 Å². The summed E-state index contributed by atoms with van der Waals surface area (Å²) in [5, 5.41) is 16.7. The van der Waals surface area contributed by atoms with E-state index in [1.54, 1.807) is 29.1 Å². The number of aromatic nitrogens is 5. The summed E-state index contributed by atoms with van der Waals surface area (Å²) in [5.41, 5.74) is 3.25. The maximum Gasteiger partial charge on any atom is 0.284 e. The van der Waals surface area contributed by atoms with E-state index in [-0.39, 0.29) is 41.3 Å². The van der Waals surface area contributed by atoms with Gasteiger partial charge in [-0.1, -0.05) is 30.3 Å². The molecule has 6 heterocycles. The van der Waals surface area contributed by atoms with Crippen molar-refractivity contribution in [3.63, 3.8) is 0 Å². The molecule has 3 N–H and O–H groups in total. The highest BCUT2D eigenvalue weighted by molar-refractivity contribution is 6.25. The SMILES string of the molecule is CN(Cc1ccc(CCNc2cccc3c2C(=O)N(C2CCC(=O)NC2=O)C3=O)cc1)C[C@H]1CC[C@H](n2cc(NC(=O)c3cnn4ccc(N5CCOCC5)nc34)c(C(F)F)n2)CC1. The van der Waals surface area contributed by atoms with Crippen molar-refractivity contribution in [3.05, 3.63) is 101 Å². The number of morpholine rings is 1. The van der Waals surface area contributed by atoms with Gasteiger partial charge in [0.05, 0.1) is 42.3 Å². The van der Waals surface area contributed by atoms with Crippen molar-refractivity contribution in [1.82, 2.24) is 39.5 Å². The van der Waals surface area contributed by atoms with Crippen LogP contribution in [0.4, 0.5) is 26.0 Å². The van der Waals surface area contributed by atoms with Gasteiger partial charge in [0, 0.05) is 57.2 Å². The molecule has 0 radical (unpaired) electrons. The Balaban J connectivity index is 0.744. The molecular weight excluding hydrogens is 829 g/mol. The highest BCUT2D eigenvalue weighted by atomic mass is 19.3. The number of imide groups is 2. The van der Waals surface area contributed by atoms with Gasteiger partial charge < -0.3 is 25.2 Å². The van der Waals surface area contributed by atoms with Crippen LogP contribution in [0.15, 0.2) is 67.1 Å². The van der Waals surface area contributed by atoms with Crippen molar-refractivity contribution in [2.24, 2.45) is 5.92 Å². The van der Waals surface area contributed by atoms with Crippen LogP contribution < -0.4 is 20.9 Å².